The smallest absolute Gasteiger partial charge is 0.238 e. The molecule has 2 N–H and O–H groups in total. The maximum absolute atomic E-state index is 12.0. The van der Waals surface area contributed by atoms with E-state index < -0.39 is 0 Å². The Morgan fingerprint density at radius 2 is 2.15 bits per heavy atom. The van der Waals surface area contributed by atoms with Crippen molar-refractivity contribution in [2.24, 2.45) is 0 Å². The summed E-state index contributed by atoms with van der Waals surface area (Å²) in [4.78, 5) is 14.0. The lowest BCUT2D eigenvalue weighted by Gasteiger charge is -2.20. The molecule has 4 nitrogen and oxygen atoms in total. The van der Waals surface area contributed by atoms with Crippen molar-refractivity contribution in [1.29, 1.82) is 0 Å². The number of hydrogen-bond acceptors (Lipinski definition) is 3. The summed E-state index contributed by atoms with van der Waals surface area (Å²) in [5.74, 6) is -0.0451. The van der Waals surface area contributed by atoms with E-state index in [2.05, 4.69) is 28.2 Å². The molecule has 0 aliphatic heterocycles. The number of halogens is 1. The second-order valence-electron chi connectivity index (χ2n) is 4.87. The fourth-order valence-electron chi connectivity index (χ4n) is 1.92. The van der Waals surface area contributed by atoms with Gasteiger partial charge < -0.3 is 10.4 Å². The zero-order chi connectivity index (χ0) is 15.0. The number of benzene rings is 1. The van der Waals surface area contributed by atoms with E-state index in [4.69, 9.17) is 5.11 Å². The normalized spacial score (nSPS) is 10.8. The Hall–Kier alpha value is -0.910. The minimum atomic E-state index is -0.0451. The van der Waals surface area contributed by atoms with E-state index in [-0.39, 0.29) is 12.5 Å². The predicted molar refractivity (Wildman–Crippen MR) is 85.9 cm³/mol. The number of carbonyl (C=O) groups is 1. The van der Waals surface area contributed by atoms with Crippen molar-refractivity contribution in [2.75, 3.05) is 31.6 Å². The molecule has 0 atom stereocenters. The van der Waals surface area contributed by atoms with Crippen LogP contribution in [0, 0.1) is 6.92 Å². The van der Waals surface area contributed by atoms with Gasteiger partial charge in [-0.1, -0.05) is 29.3 Å². The highest BCUT2D eigenvalue weighted by Gasteiger charge is 2.10. The third-order valence-electron chi connectivity index (χ3n) is 3.05. The molecule has 0 aliphatic rings. The van der Waals surface area contributed by atoms with Crippen LogP contribution in [0.2, 0.25) is 0 Å². The lowest BCUT2D eigenvalue weighted by molar-refractivity contribution is -0.117. The van der Waals surface area contributed by atoms with Gasteiger partial charge in [0.2, 0.25) is 5.91 Å². The third kappa shape index (κ3) is 6.03. The van der Waals surface area contributed by atoms with Crippen molar-refractivity contribution < 1.29 is 9.90 Å². The summed E-state index contributed by atoms with van der Waals surface area (Å²) in [5.41, 5.74) is 1.89. The summed E-state index contributed by atoms with van der Waals surface area (Å²) in [6.45, 7) is 5.86. The van der Waals surface area contributed by atoms with Gasteiger partial charge in [0.05, 0.1) is 13.2 Å². The molecule has 20 heavy (non-hydrogen) atoms. The minimum absolute atomic E-state index is 0.0451. The monoisotopic (exact) mass is 342 g/mol. The Morgan fingerprint density at radius 1 is 1.40 bits per heavy atom. The number of rotatable bonds is 8. The van der Waals surface area contributed by atoms with Gasteiger partial charge >= 0.3 is 0 Å². The SMILES string of the molecule is CCCCN(CCO)CC(=O)Nc1ccc(Br)c(C)c1. The first-order valence-corrected chi connectivity index (χ1v) is 7.75. The maximum Gasteiger partial charge on any atom is 0.238 e. The molecule has 5 heteroatoms. The highest BCUT2D eigenvalue weighted by molar-refractivity contribution is 9.10. The second-order valence-corrected chi connectivity index (χ2v) is 5.72. The van der Waals surface area contributed by atoms with E-state index in [0.29, 0.717) is 13.1 Å². The number of unbranched alkanes of at least 4 members (excludes halogenated alkanes) is 1. The molecule has 0 radical (unpaired) electrons. The average Bonchev–Trinajstić information content (AvgIpc) is 2.40. The Balaban J connectivity index is 2.53. The van der Waals surface area contributed by atoms with Crippen LogP contribution in [0.5, 0.6) is 0 Å². The first kappa shape index (κ1) is 17.1. The van der Waals surface area contributed by atoms with Gasteiger partial charge in [0, 0.05) is 16.7 Å². The molecule has 0 aromatic heterocycles. The number of anilines is 1. The van der Waals surface area contributed by atoms with Crippen LogP contribution in [-0.4, -0.2) is 42.2 Å². The summed E-state index contributed by atoms with van der Waals surface area (Å²) in [5, 5.41) is 11.9. The van der Waals surface area contributed by atoms with E-state index in [0.717, 1.165) is 35.1 Å². The van der Waals surface area contributed by atoms with E-state index in [1.54, 1.807) is 0 Å². The minimum Gasteiger partial charge on any atom is -0.395 e. The number of aliphatic hydroxyl groups is 1. The zero-order valence-electron chi connectivity index (χ0n) is 12.2. The largest absolute Gasteiger partial charge is 0.395 e. The molecule has 1 rings (SSSR count). The van der Waals surface area contributed by atoms with Crippen LogP contribution in [0.3, 0.4) is 0 Å². The molecule has 0 fully saturated rings. The molecule has 1 amide bonds. The van der Waals surface area contributed by atoms with E-state index in [1.807, 2.05) is 30.0 Å². The number of nitrogens with one attached hydrogen (secondary N) is 1. The van der Waals surface area contributed by atoms with Gasteiger partial charge in [-0.15, -0.1) is 0 Å². The van der Waals surface area contributed by atoms with Crippen LogP contribution in [0.25, 0.3) is 0 Å². The molecule has 112 valence electrons. The maximum atomic E-state index is 12.0. The van der Waals surface area contributed by atoms with E-state index in [1.165, 1.54) is 0 Å². The van der Waals surface area contributed by atoms with E-state index in [9.17, 15) is 4.79 Å². The lowest BCUT2D eigenvalue weighted by atomic mass is 10.2. The van der Waals surface area contributed by atoms with Crippen LogP contribution >= 0.6 is 15.9 Å². The van der Waals surface area contributed by atoms with Gasteiger partial charge in [-0.2, -0.15) is 0 Å². The van der Waals surface area contributed by atoms with Crippen LogP contribution in [0.1, 0.15) is 25.3 Å². The number of aryl methyl sites for hydroxylation is 1. The third-order valence-corrected chi connectivity index (χ3v) is 3.94. The molecule has 1 aromatic rings. The van der Waals surface area contributed by atoms with Crippen molar-refractivity contribution in [3.05, 3.63) is 28.2 Å². The average molecular weight is 343 g/mol. The number of amides is 1. The van der Waals surface area contributed by atoms with Crippen LogP contribution in [-0.2, 0) is 4.79 Å². The Bertz CT molecular complexity index is 438. The Labute approximate surface area is 129 Å². The molecule has 0 bridgehead atoms. The fourth-order valence-corrected chi connectivity index (χ4v) is 2.17. The van der Waals surface area contributed by atoms with Crippen LogP contribution in [0.15, 0.2) is 22.7 Å². The molecule has 0 spiro atoms. The van der Waals surface area contributed by atoms with Crippen LogP contribution in [0.4, 0.5) is 5.69 Å². The summed E-state index contributed by atoms with van der Waals surface area (Å²) < 4.78 is 1.03. The van der Waals surface area contributed by atoms with Gasteiger partial charge in [0.15, 0.2) is 0 Å². The molecule has 0 aliphatic carbocycles. The van der Waals surface area contributed by atoms with Gasteiger partial charge in [-0.3, -0.25) is 9.69 Å². The summed E-state index contributed by atoms with van der Waals surface area (Å²) in [7, 11) is 0. The molecule has 0 saturated heterocycles. The van der Waals surface area contributed by atoms with Crippen LogP contribution < -0.4 is 5.32 Å². The topological polar surface area (TPSA) is 52.6 Å². The zero-order valence-corrected chi connectivity index (χ0v) is 13.7. The first-order valence-electron chi connectivity index (χ1n) is 6.96. The standard InChI is InChI=1S/C15H23BrN2O2/c1-3-4-7-18(8-9-19)11-15(20)17-13-5-6-14(16)12(2)10-13/h5-6,10,19H,3-4,7-9,11H2,1-2H3,(H,17,20). The molecular weight excluding hydrogens is 320 g/mol. The lowest BCUT2D eigenvalue weighted by Crippen LogP contribution is -2.35. The Kier molecular flexibility index (Phi) is 7.80. The molecule has 0 heterocycles. The first-order chi connectivity index (χ1) is 9.56. The molecular formula is C15H23BrN2O2. The Morgan fingerprint density at radius 3 is 2.75 bits per heavy atom. The van der Waals surface area contributed by atoms with Crippen molar-refractivity contribution in [3.63, 3.8) is 0 Å². The van der Waals surface area contributed by atoms with Gasteiger partial charge in [-0.25, -0.2) is 0 Å². The fraction of sp³-hybridized carbons (Fsp3) is 0.533. The number of carbonyl (C=O) groups excluding carboxylic acids is 1. The summed E-state index contributed by atoms with van der Waals surface area (Å²) in [6, 6.07) is 5.73. The number of hydrogen-bond donors (Lipinski definition) is 2. The molecule has 0 saturated carbocycles. The van der Waals surface area contributed by atoms with Crippen molar-refractivity contribution >= 4 is 27.5 Å². The predicted octanol–water partition coefficient (Wildman–Crippen LogP) is 2.79. The summed E-state index contributed by atoms with van der Waals surface area (Å²) >= 11 is 3.44. The van der Waals surface area contributed by atoms with Crippen molar-refractivity contribution in [1.82, 2.24) is 4.90 Å². The highest BCUT2D eigenvalue weighted by Crippen LogP contribution is 2.19. The van der Waals surface area contributed by atoms with E-state index >= 15 is 0 Å². The quantitative estimate of drug-likeness (QED) is 0.763. The van der Waals surface area contributed by atoms with Crippen molar-refractivity contribution in [3.8, 4) is 0 Å². The molecule has 0 unspecified atom stereocenters. The summed E-state index contributed by atoms with van der Waals surface area (Å²) in [6.07, 6.45) is 2.11. The number of aliphatic hydroxyl groups excluding tert-OH is 1. The highest BCUT2D eigenvalue weighted by atomic mass is 79.9. The van der Waals surface area contributed by atoms with Gasteiger partial charge in [-0.05, 0) is 43.7 Å². The molecule has 1 aromatic carbocycles. The van der Waals surface area contributed by atoms with Gasteiger partial charge in [0.1, 0.15) is 0 Å². The number of nitrogens with zero attached hydrogens (tertiary/aromatic N) is 1. The second kappa shape index (κ2) is 9.10. The van der Waals surface area contributed by atoms with Gasteiger partial charge in [0.25, 0.3) is 0 Å². The van der Waals surface area contributed by atoms with Crippen molar-refractivity contribution in [2.45, 2.75) is 26.7 Å².